The number of halogens is 2. The molecule has 0 bridgehead atoms. The Morgan fingerprint density at radius 2 is 2.10 bits per heavy atom. The van der Waals surface area contributed by atoms with Gasteiger partial charge in [0, 0.05) is 12.6 Å². The molecule has 7 nitrogen and oxygen atoms in total. The molecule has 0 spiro atoms. The molecule has 2 N–H and O–H groups in total. The first kappa shape index (κ1) is 25.6. The van der Waals surface area contributed by atoms with Crippen LogP contribution in [0.4, 0.5) is 5.82 Å². The third-order valence-corrected chi connectivity index (χ3v) is 2.51. The minimum absolute atomic E-state index is 0. The molecule has 0 aromatic carbocycles. The van der Waals surface area contributed by atoms with Crippen LogP contribution in [-0.4, -0.2) is 79.6 Å². The van der Waals surface area contributed by atoms with Crippen molar-refractivity contribution in [2.24, 2.45) is 0 Å². The fourth-order valence-electron chi connectivity index (χ4n) is 1.67. The van der Waals surface area contributed by atoms with Crippen molar-refractivity contribution >= 4 is 51.9 Å². The van der Waals surface area contributed by atoms with Crippen molar-refractivity contribution in [1.29, 1.82) is 0 Å². The second-order valence-corrected chi connectivity index (χ2v) is 3.60. The standard InChI is InChI=1S/C9H12N3O4.2ClH.2Mg/c10-7-1-2-12(9(15)11-7)8-3-5(14)6(4-13)16-8;;;;/h1-2,5-6,8,14H,3-4H2,(H2,10,11,15);2*1H;;/q-1;;;2*+2/p-3/t5-,6+,8+;;;;/m0..../s1. The average molecular weight is 345 g/mol. The van der Waals surface area contributed by atoms with Gasteiger partial charge in [-0.3, -0.25) is 9.36 Å². The van der Waals surface area contributed by atoms with Gasteiger partial charge in [-0.15, -0.1) is 6.61 Å². The Hall–Kier alpha value is 0.672. The quantitative estimate of drug-likeness (QED) is 0.536. The van der Waals surface area contributed by atoms with Crippen LogP contribution in [0.3, 0.4) is 0 Å². The number of rotatable bonds is 2. The first-order valence-corrected chi connectivity index (χ1v) is 4.84. The van der Waals surface area contributed by atoms with Crippen molar-refractivity contribution < 1.29 is 39.8 Å². The molecule has 0 saturated carbocycles. The van der Waals surface area contributed by atoms with E-state index in [4.69, 9.17) is 10.5 Å². The number of hydrogen-bond donors (Lipinski definition) is 1. The Kier molecular flexibility index (Phi) is 14.4. The van der Waals surface area contributed by atoms with Gasteiger partial charge in [0.05, 0.1) is 12.2 Å². The predicted molar refractivity (Wildman–Crippen MR) is 63.4 cm³/mol. The summed E-state index contributed by atoms with van der Waals surface area (Å²) in [6.07, 6.45) is -0.749. The molecule has 2 heterocycles. The molecule has 0 unspecified atom stereocenters. The maximum absolute atomic E-state index is 11.4. The summed E-state index contributed by atoms with van der Waals surface area (Å²) >= 11 is 0. The van der Waals surface area contributed by atoms with Crippen molar-refractivity contribution in [3.8, 4) is 0 Å². The summed E-state index contributed by atoms with van der Waals surface area (Å²) in [5.74, 6) is -0.125. The van der Waals surface area contributed by atoms with Crippen LogP contribution in [0.2, 0.25) is 0 Å². The summed E-state index contributed by atoms with van der Waals surface area (Å²) in [4.78, 5) is 14.8. The van der Waals surface area contributed by atoms with Gasteiger partial charge in [-0.1, -0.05) is 5.82 Å². The van der Waals surface area contributed by atoms with Gasteiger partial charge in [0.15, 0.2) is 0 Å². The van der Waals surface area contributed by atoms with Crippen LogP contribution in [0.15, 0.2) is 17.1 Å². The molecule has 0 amide bonds. The maximum atomic E-state index is 11.4. The van der Waals surface area contributed by atoms with Crippen molar-refractivity contribution in [3.63, 3.8) is 0 Å². The van der Waals surface area contributed by atoms with E-state index in [2.05, 4.69) is 4.98 Å². The molecular formula is C9H11Cl2Mg2N3O4. The van der Waals surface area contributed by atoms with Crippen LogP contribution in [0.1, 0.15) is 12.6 Å². The van der Waals surface area contributed by atoms with Crippen LogP contribution < -0.4 is 35.6 Å². The number of aromatic nitrogens is 2. The number of nitrogens with one attached hydrogen (secondary N) is 1. The molecule has 1 fully saturated rings. The summed E-state index contributed by atoms with van der Waals surface area (Å²) in [6.45, 7) is -0.545. The van der Waals surface area contributed by atoms with E-state index in [1.807, 2.05) is 0 Å². The molecule has 0 radical (unpaired) electrons. The van der Waals surface area contributed by atoms with Crippen LogP contribution in [0.25, 0.3) is 5.73 Å². The Balaban J connectivity index is -0.000000722. The van der Waals surface area contributed by atoms with E-state index in [9.17, 15) is 15.0 Å². The largest absolute Gasteiger partial charge is 2.00 e. The number of aliphatic hydroxyl groups is 1. The number of aliphatic hydroxyl groups excluding tert-OH is 1. The molecule has 1 saturated heterocycles. The third kappa shape index (κ3) is 5.81. The number of nitrogens with zero attached hydrogens (tertiary/aromatic N) is 2. The van der Waals surface area contributed by atoms with Crippen molar-refractivity contribution in [1.82, 2.24) is 9.55 Å². The monoisotopic (exact) mass is 343 g/mol. The third-order valence-electron chi connectivity index (χ3n) is 2.51. The molecule has 1 aliphatic rings. The Bertz CT molecular complexity index is 451. The molecule has 0 aliphatic carbocycles. The van der Waals surface area contributed by atoms with E-state index in [0.29, 0.717) is 0 Å². The Morgan fingerprint density at radius 3 is 2.55 bits per heavy atom. The SMILES string of the molecule is [Cl-].[Cl-].[Mg+2].[Mg+2].[NH-]c1ccn([C@H]2C[C@H](O)[C@@H](C[O-])O2)c(=O)n1. The van der Waals surface area contributed by atoms with E-state index < -0.39 is 30.7 Å². The number of hydrogen-bond acceptors (Lipinski definition) is 5. The molecule has 2 rings (SSSR count). The molecule has 3 atom stereocenters. The molecular weight excluding hydrogens is 334 g/mol. The van der Waals surface area contributed by atoms with Gasteiger partial charge in [0.2, 0.25) is 5.69 Å². The minimum Gasteiger partial charge on any atom is -1.00 e. The average Bonchev–Trinajstić information content (AvgIpc) is 2.59. The van der Waals surface area contributed by atoms with Gasteiger partial charge < -0.3 is 50.5 Å². The second kappa shape index (κ2) is 11.3. The van der Waals surface area contributed by atoms with Crippen LogP contribution >= 0.6 is 0 Å². The Labute approximate surface area is 160 Å². The Morgan fingerprint density at radius 1 is 1.50 bits per heavy atom. The zero-order valence-electron chi connectivity index (χ0n) is 10.5. The van der Waals surface area contributed by atoms with Crippen LogP contribution in [-0.2, 0) is 4.74 Å². The molecule has 11 heteroatoms. The van der Waals surface area contributed by atoms with E-state index >= 15 is 0 Å². The zero-order chi connectivity index (χ0) is 11.7. The van der Waals surface area contributed by atoms with Crippen molar-refractivity contribution in [2.45, 2.75) is 24.9 Å². The zero-order valence-corrected chi connectivity index (χ0v) is 14.9. The summed E-state index contributed by atoms with van der Waals surface area (Å²) in [5, 5.41) is 20.1. The topological polar surface area (TPSA) is 111 Å². The second-order valence-electron chi connectivity index (χ2n) is 3.60. The molecule has 1 aliphatic heterocycles. The van der Waals surface area contributed by atoms with Gasteiger partial charge in [0.1, 0.15) is 6.23 Å². The van der Waals surface area contributed by atoms with Gasteiger partial charge in [-0.05, 0) is 6.07 Å². The van der Waals surface area contributed by atoms with E-state index in [1.54, 1.807) is 0 Å². The van der Waals surface area contributed by atoms with E-state index in [-0.39, 0.29) is 83.2 Å². The first-order chi connectivity index (χ1) is 7.61. The summed E-state index contributed by atoms with van der Waals surface area (Å²) in [6, 6.07) is 1.35. The summed E-state index contributed by atoms with van der Waals surface area (Å²) < 4.78 is 6.41. The first-order valence-electron chi connectivity index (χ1n) is 4.84. The van der Waals surface area contributed by atoms with Crippen LogP contribution in [0, 0.1) is 0 Å². The summed E-state index contributed by atoms with van der Waals surface area (Å²) in [5.41, 5.74) is 6.54. The molecule has 1 aromatic rings. The summed E-state index contributed by atoms with van der Waals surface area (Å²) in [7, 11) is 0. The fourth-order valence-corrected chi connectivity index (χ4v) is 1.67. The van der Waals surface area contributed by atoms with Crippen LogP contribution in [0.5, 0.6) is 0 Å². The van der Waals surface area contributed by atoms with E-state index in [1.165, 1.54) is 16.8 Å². The smallest absolute Gasteiger partial charge is 1.00 e. The van der Waals surface area contributed by atoms with Crippen molar-refractivity contribution in [2.75, 3.05) is 6.61 Å². The maximum Gasteiger partial charge on any atom is 2.00 e. The van der Waals surface area contributed by atoms with Gasteiger partial charge in [-0.25, -0.2) is 0 Å². The fraction of sp³-hybridized carbons (Fsp3) is 0.556. The molecule has 20 heavy (non-hydrogen) atoms. The van der Waals surface area contributed by atoms with Gasteiger partial charge in [0.25, 0.3) is 0 Å². The predicted octanol–water partition coefficient (Wildman–Crippen LogP) is -7.82. The van der Waals surface area contributed by atoms with Crippen molar-refractivity contribution in [3.05, 3.63) is 28.5 Å². The van der Waals surface area contributed by atoms with E-state index in [0.717, 1.165) is 0 Å². The van der Waals surface area contributed by atoms with Gasteiger partial charge in [-0.2, -0.15) is 0 Å². The van der Waals surface area contributed by atoms with Gasteiger partial charge >= 0.3 is 46.1 Å². The molecule has 1 aromatic heterocycles. The minimum atomic E-state index is -0.856. The molecule has 104 valence electrons. The number of ether oxygens (including phenoxy) is 1. The normalized spacial score (nSPS) is 23.6.